The summed E-state index contributed by atoms with van der Waals surface area (Å²) in [6, 6.07) is 2.06. The largest absolute Gasteiger partial charge is 0.193 e. The Bertz CT molecular complexity index is 232. The molecule has 2 heteroatoms. The first kappa shape index (κ1) is 7.37. The monoisotopic (exact) mass is 153 g/mol. The minimum atomic E-state index is -0.102. The Balaban J connectivity index is 2.84. The zero-order chi connectivity index (χ0) is 7.56. The summed E-state index contributed by atoms with van der Waals surface area (Å²) in [5.74, 6) is 0. The maximum absolute atomic E-state index is 8.52. The molecule has 0 aromatic carbocycles. The van der Waals surface area contributed by atoms with Gasteiger partial charge in [-0.3, -0.25) is 0 Å². The third-order valence-electron chi connectivity index (χ3n) is 1.52. The van der Waals surface area contributed by atoms with E-state index in [1.54, 1.807) is 6.08 Å². The van der Waals surface area contributed by atoms with Gasteiger partial charge in [0, 0.05) is 5.57 Å². The minimum Gasteiger partial charge on any atom is -0.193 e. The molecule has 0 aromatic heterocycles. The van der Waals surface area contributed by atoms with E-state index in [1.165, 1.54) is 5.57 Å². The molecule has 0 amide bonds. The molecule has 1 aliphatic rings. The number of hydrogen-bond donors (Lipinski definition) is 0. The third-order valence-corrected chi connectivity index (χ3v) is 1.90. The van der Waals surface area contributed by atoms with Crippen molar-refractivity contribution in [2.45, 2.75) is 18.7 Å². The lowest BCUT2D eigenvalue weighted by Crippen LogP contribution is -2.05. The summed E-state index contributed by atoms with van der Waals surface area (Å²) < 4.78 is 0. The Kier molecular flexibility index (Phi) is 2.13. The first-order chi connectivity index (χ1) is 4.74. The Labute approximate surface area is 65.6 Å². The van der Waals surface area contributed by atoms with Gasteiger partial charge in [0.15, 0.2) is 0 Å². The van der Waals surface area contributed by atoms with Gasteiger partial charge in [0.2, 0.25) is 0 Å². The molecule has 0 N–H and O–H groups in total. The fraction of sp³-hybridized carbons (Fsp3) is 0.375. The number of rotatable bonds is 0. The van der Waals surface area contributed by atoms with Crippen molar-refractivity contribution in [3.63, 3.8) is 0 Å². The van der Waals surface area contributed by atoms with Crippen LogP contribution in [0.2, 0.25) is 0 Å². The van der Waals surface area contributed by atoms with Crippen LogP contribution in [-0.4, -0.2) is 5.38 Å². The van der Waals surface area contributed by atoms with Crippen LogP contribution in [0.15, 0.2) is 23.3 Å². The molecule has 0 bridgehead atoms. The zero-order valence-corrected chi connectivity index (χ0v) is 6.52. The van der Waals surface area contributed by atoms with Crippen LogP contribution in [0.3, 0.4) is 0 Å². The van der Waals surface area contributed by atoms with Crippen LogP contribution in [0, 0.1) is 11.3 Å². The molecule has 52 valence electrons. The summed E-state index contributed by atoms with van der Waals surface area (Å²) in [6.07, 6.45) is 4.54. The van der Waals surface area contributed by atoms with E-state index < -0.39 is 0 Å². The molecule has 1 aliphatic carbocycles. The average Bonchev–Trinajstić information content (AvgIpc) is 1.88. The van der Waals surface area contributed by atoms with Crippen LogP contribution in [0.5, 0.6) is 0 Å². The number of nitriles is 1. The molecule has 10 heavy (non-hydrogen) atoms. The van der Waals surface area contributed by atoms with E-state index in [2.05, 4.69) is 6.07 Å². The highest BCUT2D eigenvalue weighted by atomic mass is 35.5. The first-order valence-corrected chi connectivity index (χ1v) is 3.59. The van der Waals surface area contributed by atoms with Crippen LogP contribution >= 0.6 is 11.6 Å². The van der Waals surface area contributed by atoms with Gasteiger partial charge in [0.25, 0.3) is 0 Å². The number of allylic oxidation sites excluding steroid dienone is 4. The third kappa shape index (κ3) is 1.40. The van der Waals surface area contributed by atoms with Crippen molar-refractivity contribution in [3.8, 4) is 6.07 Å². The van der Waals surface area contributed by atoms with Crippen molar-refractivity contribution >= 4 is 11.6 Å². The fourth-order valence-corrected chi connectivity index (χ4v) is 1.27. The SMILES string of the molecule is CC1=CC=C(C#N)C(Cl)C1. The highest BCUT2D eigenvalue weighted by Gasteiger charge is 2.13. The number of halogens is 1. The number of nitrogens with zero attached hydrogens (tertiary/aromatic N) is 1. The van der Waals surface area contributed by atoms with Crippen LogP contribution in [0.25, 0.3) is 0 Å². The van der Waals surface area contributed by atoms with Gasteiger partial charge in [0.1, 0.15) is 0 Å². The maximum atomic E-state index is 8.52. The summed E-state index contributed by atoms with van der Waals surface area (Å²) in [5, 5.41) is 8.41. The minimum absolute atomic E-state index is 0.102. The Morgan fingerprint density at radius 2 is 2.40 bits per heavy atom. The van der Waals surface area contributed by atoms with Gasteiger partial charge in [-0.1, -0.05) is 11.6 Å². The van der Waals surface area contributed by atoms with E-state index in [0.29, 0.717) is 5.57 Å². The molecule has 0 saturated carbocycles. The smallest absolute Gasteiger partial charge is 0.0963 e. The lowest BCUT2D eigenvalue weighted by atomic mass is 10.0. The molecule has 0 aromatic rings. The van der Waals surface area contributed by atoms with Gasteiger partial charge >= 0.3 is 0 Å². The Hall–Kier alpha value is -0.740. The van der Waals surface area contributed by atoms with E-state index in [-0.39, 0.29) is 5.38 Å². The van der Waals surface area contributed by atoms with Crippen molar-refractivity contribution < 1.29 is 0 Å². The van der Waals surface area contributed by atoms with Crippen LogP contribution in [-0.2, 0) is 0 Å². The summed E-state index contributed by atoms with van der Waals surface area (Å²) in [5.41, 5.74) is 1.91. The lowest BCUT2D eigenvalue weighted by Gasteiger charge is -2.11. The standard InChI is InChI=1S/C8H8ClN/c1-6-2-3-7(5-10)8(9)4-6/h2-3,8H,4H2,1H3. The van der Waals surface area contributed by atoms with Crippen molar-refractivity contribution in [3.05, 3.63) is 23.3 Å². The van der Waals surface area contributed by atoms with E-state index in [0.717, 1.165) is 6.42 Å². The molecular formula is C8H8ClN. The van der Waals surface area contributed by atoms with Crippen molar-refractivity contribution in [2.24, 2.45) is 0 Å². The fourth-order valence-electron chi connectivity index (χ4n) is 0.904. The molecule has 1 unspecified atom stereocenters. The number of hydrogen-bond acceptors (Lipinski definition) is 1. The second-order valence-electron chi connectivity index (χ2n) is 2.42. The summed E-state index contributed by atoms with van der Waals surface area (Å²) >= 11 is 5.85. The van der Waals surface area contributed by atoms with E-state index >= 15 is 0 Å². The second-order valence-corrected chi connectivity index (χ2v) is 2.95. The molecule has 0 aliphatic heterocycles. The Morgan fingerprint density at radius 1 is 1.70 bits per heavy atom. The molecule has 0 radical (unpaired) electrons. The summed E-state index contributed by atoms with van der Waals surface area (Å²) in [6.45, 7) is 2.01. The molecule has 1 atom stereocenters. The predicted octanol–water partition coefficient (Wildman–Crippen LogP) is 2.39. The zero-order valence-electron chi connectivity index (χ0n) is 5.76. The van der Waals surface area contributed by atoms with Crippen LogP contribution in [0.4, 0.5) is 0 Å². The highest BCUT2D eigenvalue weighted by Crippen LogP contribution is 2.22. The quantitative estimate of drug-likeness (QED) is 0.491. The normalized spacial score (nSPS) is 24.7. The molecule has 0 fully saturated rings. The van der Waals surface area contributed by atoms with Crippen molar-refractivity contribution in [2.75, 3.05) is 0 Å². The van der Waals surface area contributed by atoms with E-state index in [1.807, 2.05) is 13.0 Å². The van der Waals surface area contributed by atoms with Gasteiger partial charge in [-0.25, -0.2) is 0 Å². The molecule has 0 saturated heterocycles. The van der Waals surface area contributed by atoms with E-state index in [4.69, 9.17) is 16.9 Å². The number of alkyl halides is 1. The van der Waals surface area contributed by atoms with Gasteiger partial charge < -0.3 is 0 Å². The lowest BCUT2D eigenvalue weighted by molar-refractivity contribution is 0.938. The molecular weight excluding hydrogens is 146 g/mol. The van der Waals surface area contributed by atoms with Gasteiger partial charge in [-0.05, 0) is 19.4 Å². The van der Waals surface area contributed by atoms with Gasteiger partial charge in [-0.15, -0.1) is 11.6 Å². The average molecular weight is 154 g/mol. The van der Waals surface area contributed by atoms with Crippen molar-refractivity contribution in [1.29, 1.82) is 5.26 Å². The molecule has 0 heterocycles. The molecule has 0 spiro atoms. The Morgan fingerprint density at radius 3 is 2.90 bits per heavy atom. The van der Waals surface area contributed by atoms with Crippen LogP contribution < -0.4 is 0 Å². The molecule has 1 nitrogen and oxygen atoms in total. The van der Waals surface area contributed by atoms with Crippen LogP contribution in [0.1, 0.15) is 13.3 Å². The first-order valence-electron chi connectivity index (χ1n) is 3.15. The summed E-state index contributed by atoms with van der Waals surface area (Å²) in [4.78, 5) is 0. The van der Waals surface area contributed by atoms with Gasteiger partial charge in [0.05, 0.1) is 11.4 Å². The summed E-state index contributed by atoms with van der Waals surface area (Å²) in [7, 11) is 0. The van der Waals surface area contributed by atoms with Crippen molar-refractivity contribution in [1.82, 2.24) is 0 Å². The maximum Gasteiger partial charge on any atom is 0.0963 e. The van der Waals surface area contributed by atoms with Gasteiger partial charge in [-0.2, -0.15) is 5.26 Å². The highest BCUT2D eigenvalue weighted by molar-refractivity contribution is 6.23. The topological polar surface area (TPSA) is 23.8 Å². The second kappa shape index (κ2) is 2.90. The van der Waals surface area contributed by atoms with E-state index in [9.17, 15) is 0 Å². The molecule has 1 rings (SSSR count). The predicted molar refractivity (Wildman–Crippen MR) is 41.7 cm³/mol.